The maximum absolute atomic E-state index is 12.4. The number of benzene rings is 2. The molecular formula is C23H24N2O3. The molecule has 0 spiro atoms. The summed E-state index contributed by atoms with van der Waals surface area (Å²) in [6.45, 7) is 4.00. The number of amides is 1. The summed E-state index contributed by atoms with van der Waals surface area (Å²) in [5.41, 5.74) is 4.13. The highest BCUT2D eigenvalue weighted by Gasteiger charge is 2.15. The fourth-order valence-corrected chi connectivity index (χ4v) is 3.02. The van der Waals surface area contributed by atoms with Crippen molar-refractivity contribution in [1.82, 2.24) is 10.3 Å². The molecule has 0 bridgehead atoms. The van der Waals surface area contributed by atoms with Crippen LogP contribution in [0.2, 0.25) is 0 Å². The van der Waals surface area contributed by atoms with Gasteiger partial charge in [0.15, 0.2) is 6.61 Å². The van der Waals surface area contributed by atoms with E-state index < -0.39 is 5.97 Å². The van der Waals surface area contributed by atoms with Crippen molar-refractivity contribution in [3.63, 3.8) is 0 Å². The fourth-order valence-electron chi connectivity index (χ4n) is 3.02. The molecular weight excluding hydrogens is 352 g/mol. The Morgan fingerprint density at radius 1 is 1.04 bits per heavy atom. The van der Waals surface area contributed by atoms with Crippen molar-refractivity contribution in [2.45, 2.75) is 26.7 Å². The Bertz CT molecular complexity index is 984. The van der Waals surface area contributed by atoms with E-state index in [1.165, 1.54) is 5.56 Å². The van der Waals surface area contributed by atoms with Gasteiger partial charge in [-0.1, -0.05) is 42.0 Å². The first kappa shape index (κ1) is 19.5. The molecule has 28 heavy (non-hydrogen) atoms. The van der Waals surface area contributed by atoms with Crippen LogP contribution in [-0.4, -0.2) is 30.0 Å². The normalized spacial score (nSPS) is 10.6. The molecule has 0 aliphatic carbocycles. The van der Waals surface area contributed by atoms with Crippen molar-refractivity contribution in [1.29, 1.82) is 0 Å². The molecule has 0 radical (unpaired) electrons. The molecule has 0 saturated carbocycles. The second-order valence-corrected chi connectivity index (χ2v) is 6.83. The molecule has 3 aromatic rings. The second kappa shape index (κ2) is 9.13. The summed E-state index contributed by atoms with van der Waals surface area (Å²) in [6, 6.07) is 17.7. The van der Waals surface area contributed by atoms with Gasteiger partial charge in [0.2, 0.25) is 0 Å². The van der Waals surface area contributed by atoms with E-state index in [1.807, 2.05) is 43.3 Å². The molecule has 5 heteroatoms. The number of ether oxygens (including phenoxy) is 1. The Hall–Kier alpha value is -3.21. The predicted octanol–water partition coefficient (Wildman–Crippen LogP) is 3.76. The Labute approximate surface area is 164 Å². The molecule has 0 aliphatic rings. The van der Waals surface area contributed by atoms with Crippen molar-refractivity contribution >= 4 is 22.8 Å². The Morgan fingerprint density at radius 2 is 1.82 bits per heavy atom. The first-order chi connectivity index (χ1) is 13.5. The van der Waals surface area contributed by atoms with Crippen molar-refractivity contribution in [3.8, 4) is 0 Å². The number of aryl methyl sites for hydroxylation is 3. The number of rotatable bonds is 7. The molecule has 0 aliphatic heterocycles. The van der Waals surface area contributed by atoms with E-state index in [2.05, 4.69) is 22.4 Å². The first-order valence-corrected chi connectivity index (χ1v) is 9.38. The van der Waals surface area contributed by atoms with E-state index in [4.69, 9.17) is 4.74 Å². The monoisotopic (exact) mass is 376 g/mol. The van der Waals surface area contributed by atoms with E-state index in [-0.39, 0.29) is 12.5 Å². The van der Waals surface area contributed by atoms with Crippen molar-refractivity contribution in [2.24, 2.45) is 0 Å². The van der Waals surface area contributed by atoms with Gasteiger partial charge >= 0.3 is 5.97 Å². The average Bonchev–Trinajstić information content (AvgIpc) is 2.70. The lowest BCUT2D eigenvalue weighted by Crippen LogP contribution is -2.30. The Morgan fingerprint density at radius 3 is 2.61 bits per heavy atom. The zero-order valence-electron chi connectivity index (χ0n) is 16.2. The molecule has 3 rings (SSSR count). The molecule has 1 amide bonds. The van der Waals surface area contributed by atoms with Crippen LogP contribution in [0, 0.1) is 13.8 Å². The van der Waals surface area contributed by atoms with Gasteiger partial charge in [-0.3, -0.25) is 9.78 Å². The van der Waals surface area contributed by atoms with Crippen LogP contribution in [0.15, 0.2) is 54.6 Å². The summed E-state index contributed by atoms with van der Waals surface area (Å²) < 4.78 is 5.17. The SMILES string of the molecule is Cc1ccc2nc(C)c(C(=O)OCC(=O)NCCCc3ccccc3)cc2c1. The maximum atomic E-state index is 12.4. The van der Waals surface area contributed by atoms with Crippen molar-refractivity contribution in [3.05, 3.63) is 77.0 Å². The lowest BCUT2D eigenvalue weighted by Gasteiger charge is -2.09. The largest absolute Gasteiger partial charge is 0.452 e. The number of carbonyl (C=O) groups excluding carboxylic acids is 2. The average molecular weight is 376 g/mol. The predicted molar refractivity (Wildman–Crippen MR) is 109 cm³/mol. The quantitative estimate of drug-likeness (QED) is 0.504. The summed E-state index contributed by atoms with van der Waals surface area (Å²) >= 11 is 0. The number of carbonyl (C=O) groups is 2. The van der Waals surface area contributed by atoms with Gasteiger partial charge in [0.25, 0.3) is 5.91 Å². The third-order valence-electron chi connectivity index (χ3n) is 4.52. The van der Waals surface area contributed by atoms with Gasteiger partial charge < -0.3 is 10.1 Å². The number of esters is 1. The summed E-state index contributed by atoms with van der Waals surface area (Å²) in [6.07, 6.45) is 1.72. The number of aromatic nitrogens is 1. The van der Waals surface area contributed by atoms with Crippen LogP contribution < -0.4 is 5.32 Å². The van der Waals surface area contributed by atoms with E-state index in [0.29, 0.717) is 17.8 Å². The molecule has 1 heterocycles. The highest BCUT2D eigenvalue weighted by molar-refractivity contribution is 5.96. The lowest BCUT2D eigenvalue weighted by atomic mass is 10.1. The standard InChI is InChI=1S/C23H24N2O3/c1-16-10-11-21-19(13-16)14-20(17(2)25-21)23(27)28-15-22(26)24-12-6-9-18-7-4-3-5-8-18/h3-5,7-8,10-11,13-14H,6,9,12,15H2,1-2H3,(H,24,26). The molecule has 1 N–H and O–H groups in total. The maximum Gasteiger partial charge on any atom is 0.340 e. The van der Waals surface area contributed by atoms with Crippen molar-refractivity contribution < 1.29 is 14.3 Å². The third-order valence-corrected chi connectivity index (χ3v) is 4.52. The van der Waals surface area contributed by atoms with Crippen LogP contribution >= 0.6 is 0 Å². The van der Waals surface area contributed by atoms with Crippen LogP contribution in [0.1, 0.15) is 33.6 Å². The van der Waals surface area contributed by atoms with Crippen molar-refractivity contribution in [2.75, 3.05) is 13.2 Å². The van der Waals surface area contributed by atoms with Gasteiger partial charge in [0, 0.05) is 11.9 Å². The van der Waals surface area contributed by atoms with Crippen LogP contribution in [-0.2, 0) is 16.0 Å². The molecule has 0 atom stereocenters. The Balaban J connectivity index is 1.48. The van der Waals surface area contributed by atoms with Gasteiger partial charge in [0.1, 0.15) is 0 Å². The second-order valence-electron chi connectivity index (χ2n) is 6.83. The van der Waals surface area contributed by atoms with Gasteiger partial charge in [0.05, 0.1) is 16.8 Å². The lowest BCUT2D eigenvalue weighted by molar-refractivity contribution is -0.124. The number of pyridine rings is 1. The molecule has 0 fully saturated rings. The molecule has 2 aromatic carbocycles. The minimum atomic E-state index is -0.534. The number of nitrogens with zero attached hydrogens (tertiary/aromatic N) is 1. The van der Waals surface area contributed by atoms with Gasteiger partial charge in [-0.2, -0.15) is 0 Å². The van der Waals surface area contributed by atoms with E-state index in [0.717, 1.165) is 29.3 Å². The molecule has 1 aromatic heterocycles. The Kier molecular flexibility index (Phi) is 6.37. The van der Waals surface area contributed by atoms with Gasteiger partial charge in [-0.15, -0.1) is 0 Å². The number of nitrogens with one attached hydrogen (secondary N) is 1. The van der Waals surface area contributed by atoms with Crippen LogP contribution in [0.5, 0.6) is 0 Å². The molecule has 0 unspecified atom stereocenters. The minimum Gasteiger partial charge on any atom is -0.452 e. The van der Waals surface area contributed by atoms with Crippen LogP contribution in [0.3, 0.4) is 0 Å². The van der Waals surface area contributed by atoms with E-state index in [1.54, 1.807) is 13.0 Å². The summed E-state index contributed by atoms with van der Waals surface area (Å²) in [5, 5.41) is 3.66. The van der Waals surface area contributed by atoms with E-state index >= 15 is 0 Å². The third kappa shape index (κ3) is 5.16. The van der Waals surface area contributed by atoms with Gasteiger partial charge in [-0.05, 0) is 50.5 Å². The molecule has 0 saturated heterocycles. The summed E-state index contributed by atoms with van der Waals surface area (Å²) in [5.74, 6) is -0.837. The van der Waals surface area contributed by atoms with Crippen LogP contribution in [0.25, 0.3) is 10.9 Å². The van der Waals surface area contributed by atoms with Gasteiger partial charge in [-0.25, -0.2) is 4.79 Å². The zero-order chi connectivity index (χ0) is 19.9. The highest BCUT2D eigenvalue weighted by Crippen LogP contribution is 2.18. The highest BCUT2D eigenvalue weighted by atomic mass is 16.5. The zero-order valence-corrected chi connectivity index (χ0v) is 16.2. The smallest absolute Gasteiger partial charge is 0.340 e. The summed E-state index contributed by atoms with van der Waals surface area (Å²) in [7, 11) is 0. The van der Waals surface area contributed by atoms with E-state index in [9.17, 15) is 9.59 Å². The minimum absolute atomic E-state index is 0.296. The topological polar surface area (TPSA) is 68.3 Å². The number of hydrogen-bond acceptors (Lipinski definition) is 4. The summed E-state index contributed by atoms with van der Waals surface area (Å²) in [4.78, 5) is 28.8. The first-order valence-electron chi connectivity index (χ1n) is 9.38. The fraction of sp³-hybridized carbons (Fsp3) is 0.261. The van der Waals surface area contributed by atoms with Crippen LogP contribution in [0.4, 0.5) is 0 Å². The number of hydrogen-bond donors (Lipinski definition) is 1. The number of fused-ring (bicyclic) bond motifs is 1. The molecule has 144 valence electrons. The molecule has 5 nitrogen and oxygen atoms in total.